The van der Waals surface area contributed by atoms with E-state index in [2.05, 4.69) is 15.6 Å². The molecule has 1 heterocycles. The largest absolute Gasteiger partial charge is 0.496 e. The van der Waals surface area contributed by atoms with Crippen LogP contribution in [0.25, 0.3) is 0 Å². The molecule has 0 unspecified atom stereocenters. The molecule has 0 spiro atoms. The van der Waals surface area contributed by atoms with Gasteiger partial charge in [0.1, 0.15) is 11.3 Å². The van der Waals surface area contributed by atoms with Crippen LogP contribution in [-0.4, -0.2) is 69.9 Å². The molecular formula is C20H30N4O5. The average molecular weight is 406 g/mol. The number of ether oxygens (including phenoxy) is 3. The molecule has 0 aliphatic carbocycles. The number of nitrogens with one attached hydrogen (secondary N) is 2. The van der Waals surface area contributed by atoms with Crippen molar-refractivity contribution in [2.45, 2.75) is 32.4 Å². The van der Waals surface area contributed by atoms with Gasteiger partial charge in [-0.05, 0) is 37.5 Å². The molecule has 1 saturated heterocycles. The van der Waals surface area contributed by atoms with Crippen molar-refractivity contribution in [3.63, 3.8) is 0 Å². The summed E-state index contributed by atoms with van der Waals surface area (Å²) in [6.45, 7) is 3.97. The predicted molar refractivity (Wildman–Crippen MR) is 109 cm³/mol. The zero-order valence-corrected chi connectivity index (χ0v) is 17.5. The van der Waals surface area contributed by atoms with Gasteiger partial charge in [0, 0.05) is 32.7 Å². The fourth-order valence-corrected chi connectivity index (χ4v) is 3.13. The number of esters is 1. The summed E-state index contributed by atoms with van der Waals surface area (Å²) in [5, 5.41) is 6.63. The molecule has 160 valence electrons. The van der Waals surface area contributed by atoms with Crippen molar-refractivity contribution in [1.82, 2.24) is 15.5 Å². The van der Waals surface area contributed by atoms with E-state index in [4.69, 9.17) is 14.2 Å². The van der Waals surface area contributed by atoms with Crippen LogP contribution in [0, 0.1) is 0 Å². The molecule has 0 atom stereocenters. The maximum Gasteiger partial charge on any atom is 0.409 e. The molecule has 1 fully saturated rings. The number of guanidine groups is 1. The van der Waals surface area contributed by atoms with Gasteiger partial charge in [-0.15, -0.1) is 0 Å². The second-order valence-corrected chi connectivity index (χ2v) is 6.56. The normalized spacial score (nSPS) is 14.9. The highest BCUT2D eigenvalue weighted by atomic mass is 16.6. The van der Waals surface area contributed by atoms with Crippen molar-refractivity contribution < 1.29 is 23.8 Å². The molecule has 29 heavy (non-hydrogen) atoms. The molecule has 9 heteroatoms. The van der Waals surface area contributed by atoms with Crippen molar-refractivity contribution in [2.24, 2.45) is 4.99 Å². The Bertz CT molecular complexity index is 730. The number of hydrogen-bond donors (Lipinski definition) is 2. The third kappa shape index (κ3) is 6.27. The van der Waals surface area contributed by atoms with Crippen LogP contribution in [0.5, 0.6) is 5.75 Å². The van der Waals surface area contributed by atoms with E-state index in [0.717, 1.165) is 18.4 Å². The Morgan fingerprint density at radius 1 is 1.24 bits per heavy atom. The van der Waals surface area contributed by atoms with Gasteiger partial charge in [0.25, 0.3) is 0 Å². The number of methoxy groups -OCH3 is 2. The molecule has 0 bridgehead atoms. The Balaban J connectivity index is 1.88. The molecule has 2 rings (SSSR count). The molecule has 0 saturated carbocycles. The molecule has 9 nitrogen and oxygen atoms in total. The fourth-order valence-electron chi connectivity index (χ4n) is 3.13. The molecule has 0 aromatic heterocycles. The summed E-state index contributed by atoms with van der Waals surface area (Å²) in [5.41, 5.74) is 1.27. The Morgan fingerprint density at radius 2 is 1.97 bits per heavy atom. The topological polar surface area (TPSA) is 101 Å². The Kier molecular flexibility index (Phi) is 8.57. The number of carbonyl (C=O) groups is 2. The van der Waals surface area contributed by atoms with E-state index in [1.807, 2.05) is 6.07 Å². The van der Waals surface area contributed by atoms with Crippen LogP contribution in [0.4, 0.5) is 4.79 Å². The maximum absolute atomic E-state index is 11.9. The molecule has 0 radical (unpaired) electrons. The van der Waals surface area contributed by atoms with Crippen molar-refractivity contribution in [3.8, 4) is 5.75 Å². The predicted octanol–water partition coefficient (Wildman–Crippen LogP) is 1.77. The first-order chi connectivity index (χ1) is 14.0. The van der Waals surface area contributed by atoms with E-state index in [1.165, 1.54) is 14.2 Å². The lowest BCUT2D eigenvalue weighted by molar-refractivity contribution is 0.0596. The highest BCUT2D eigenvalue weighted by Crippen LogP contribution is 2.20. The minimum Gasteiger partial charge on any atom is -0.496 e. The summed E-state index contributed by atoms with van der Waals surface area (Å²) in [4.78, 5) is 29.7. The molecule has 1 amide bonds. The van der Waals surface area contributed by atoms with Gasteiger partial charge in [-0.3, -0.25) is 4.99 Å². The summed E-state index contributed by atoms with van der Waals surface area (Å²) < 4.78 is 15.1. The lowest BCUT2D eigenvalue weighted by Crippen LogP contribution is -2.49. The lowest BCUT2D eigenvalue weighted by atomic mass is 10.1. The van der Waals surface area contributed by atoms with Crippen LogP contribution in [0.3, 0.4) is 0 Å². The lowest BCUT2D eigenvalue weighted by Gasteiger charge is -2.32. The number of piperidine rings is 1. The van der Waals surface area contributed by atoms with Crippen LogP contribution in [0.15, 0.2) is 23.2 Å². The van der Waals surface area contributed by atoms with Crippen LogP contribution in [-0.2, 0) is 16.0 Å². The first-order valence-electron chi connectivity index (χ1n) is 9.66. The monoisotopic (exact) mass is 406 g/mol. The van der Waals surface area contributed by atoms with Gasteiger partial charge in [0.2, 0.25) is 0 Å². The number of benzene rings is 1. The van der Waals surface area contributed by atoms with Crippen LogP contribution in [0.1, 0.15) is 35.7 Å². The molecule has 1 aromatic carbocycles. The van der Waals surface area contributed by atoms with Crippen molar-refractivity contribution in [2.75, 3.05) is 41.0 Å². The van der Waals surface area contributed by atoms with E-state index >= 15 is 0 Å². The Labute approximate surface area is 171 Å². The summed E-state index contributed by atoms with van der Waals surface area (Å²) in [6.07, 6.45) is 1.37. The summed E-state index contributed by atoms with van der Waals surface area (Å²) in [7, 11) is 4.56. The number of likely N-dealkylation sites (tertiary alicyclic amines) is 1. The second-order valence-electron chi connectivity index (χ2n) is 6.56. The van der Waals surface area contributed by atoms with E-state index in [0.29, 0.717) is 43.5 Å². The minimum absolute atomic E-state index is 0.216. The smallest absolute Gasteiger partial charge is 0.409 e. The first-order valence-corrected chi connectivity index (χ1v) is 9.66. The molecule has 1 aliphatic rings. The van der Waals surface area contributed by atoms with Gasteiger partial charge >= 0.3 is 12.1 Å². The van der Waals surface area contributed by atoms with Crippen molar-refractivity contribution in [3.05, 3.63) is 29.3 Å². The number of aliphatic imine (C=N–C) groups is 1. The summed E-state index contributed by atoms with van der Waals surface area (Å²) in [5.74, 6) is 0.686. The quantitative estimate of drug-likeness (QED) is 0.422. The number of hydrogen-bond acceptors (Lipinski definition) is 6. The van der Waals surface area contributed by atoms with Gasteiger partial charge < -0.3 is 29.7 Å². The SMILES string of the molecule is CCOC(=O)N1CCC(NC(=NC)NCc2ccc(OC)c(C(=O)OC)c2)CC1. The summed E-state index contributed by atoms with van der Waals surface area (Å²) >= 11 is 0. The number of nitrogens with zero attached hydrogens (tertiary/aromatic N) is 2. The highest BCUT2D eigenvalue weighted by Gasteiger charge is 2.24. The fraction of sp³-hybridized carbons (Fsp3) is 0.550. The van der Waals surface area contributed by atoms with Crippen LogP contribution >= 0.6 is 0 Å². The van der Waals surface area contributed by atoms with E-state index in [9.17, 15) is 9.59 Å². The summed E-state index contributed by atoms with van der Waals surface area (Å²) in [6, 6.07) is 5.57. The standard InChI is InChI=1S/C20H30N4O5/c1-5-29-20(26)24-10-8-15(9-11-24)23-19(21-2)22-13-14-6-7-17(27-3)16(12-14)18(25)28-4/h6-7,12,15H,5,8-11,13H2,1-4H3,(H2,21,22,23). The van der Waals surface area contributed by atoms with Gasteiger partial charge in [-0.1, -0.05) is 6.07 Å². The van der Waals surface area contributed by atoms with Gasteiger partial charge in [-0.2, -0.15) is 0 Å². The molecule has 1 aliphatic heterocycles. The number of rotatable bonds is 6. The molecular weight excluding hydrogens is 376 g/mol. The van der Waals surface area contributed by atoms with Gasteiger partial charge in [0.05, 0.1) is 20.8 Å². The van der Waals surface area contributed by atoms with Crippen LogP contribution in [0.2, 0.25) is 0 Å². The minimum atomic E-state index is -0.445. The van der Waals surface area contributed by atoms with Crippen molar-refractivity contribution >= 4 is 18.0 Å². The zero-order chi connectivity index (χ0) is 21.2. The third-order valence-electron chi connectivity index (χ3n) is 4.71. The van der Waals surface area contributed by atoms with E-state index in [1.54, 1.807) is 31.0 Å². The van der Waals surface area contributed by atoms with Gasteiger partial charge in [0.15, 0.2) is 5.96 Å². The molecule has 1 aromatic rings. The highest BCUT2D eigenvalue weighted by molar-refractivity contribution is 5.92. The Morgan fingerprint density at radius 3 is 2.55 bits per heavy atom. The first kappa shape index (κ1) is 22.3. The molecule has 2 N–H and O–H groups in total. The number of carbonyl (C=O) groups excluding carboxylic acids is 2. The van der Waals surface area contributed by atoms with Crippen molar-refractivity contribution in [1.29, 1.82) is 0 Å². The van der Waals surface area contributed by atoms with E-state index < -0.39 is 5.97 Å². The van der Waals surface area contributed by atoms with Gasteiger partial charge in [-0.25, -0.2) is 9.59 Å². The number of amides is 1. The maximum atomic E-state index is 11.9. The average Bonchev–Trinajstić information content (AvgIpc) is 2.76. The van der Waals surface area contributed by atoms with E-state index in [-0.39, 0.29) is 12.1 Å². The second kappa shape index (κ2) is 11.1. The Hall–Kier alpha value is -2.97. The zero-order valence-electron chi connectivity index (χ0n) is 17.5. The third-order valence-corrected chi connectivity index (χ3v) is 4.71. The van der Waals surface area contributed by atoms with Crippen LogP contribution < -0.4 is 15.4 Å².